The van der Waals surface area contributed by atoms with Gasteiger partial charge in [-0.2, -0.15) is 0 Å². The van der Waals surface area contributed by atoms with E-state index in [0.717, 1.165) is 31.4 Å². The van der Waals surface area contributed by atoms with E-state index in [1.54, 1.807) is 0 Å². The van der Waals surface area contributed by atoms with E-state index in [0.29, 0.717) is 6.54 Å². The predicted molar refractivity (Wildman–Crippen MR) is 88.8 cm³/mol. The molecule has 1 saturated carbocycles. The second-order valence-electron chi connectivity index (χ2n) is 5.68. The third-order valence-corrected chi connectivity index (χ3v) is 4.20. The van der Waals surface area contributed by atoms with Crippen molar-refractivity contribution in [2.45, 2.75) is 19.3 Å². The first-order chi connectivity index (χ1) is 11.0. The van der Waals surface area contributed by atoms with Crippen molar-refractivity contribution in [2.24, 2.45) is 17.6 Å². The van der Waals surface area contributed by atoms with Crippen molar-refractivity contribution < 1.29 is 18.4 Å². The van der Waals surface area contributed by atoms with Crippen molar-refractivity contribution in [1.29, 1.82) is 0 Å². The van der Waals surface area contributed by atoms with Crippen LogP contribution in [-0.4, -0.2) is 31.4 Å². The van der Waals surface area contributed by atoms with Gasteiger partial charge >= 0.3 is 0 Å². The van der Waals surface area contributed by atoms with E-state index in [1.165, 1.54) is 6.07 Å². The Morgan fingerprint density at radius 1 is 1.12 bits per heavy atom. The van der Waals surface area contributed by atoms with Gasteiger partial charge in [0, 0.05) is 19.0 Å². The zero-order chi connectivity index (χ0) is 16.8. The fraction of sp³-hybridized carbons (Fsp3) is 0.500. The Bertz CT molecular complexity index is 566. The van der Waals surface area contributed by atoms with E-state index in [9.17, 15) is 18.4 Å². The van der Waals surface area contributed by atoms with Gasteiger partial charge < -0.3 is 16.4 Å². The number of amides is 2. The minimum absolute atomic E-state index is 0. The zero-order valence-electron chi connectivity index (χ0n) is 13.2. The molecule has 1 aliphatic rings. The molecule has 1 aromatic rings. The van der Waals surface area contributed by atoms with Crippen LogP contribution in [0.5, 0.6) is 0 Å². The van der Waals surface area contributed by atoms with Crippen LogP contribution in [-0.2, 0) is 4.79 Å². The molecule has 2 rings (SSSR count). The molecule has 1 fully saturated rings. The largest absolute Gasteiger partial charge is 0.354 e. The van der Waals surface area contributed by atoms with E-state index in [-0.39, 0.29) is 43.2 Å². The third kappa shape index (κ3) is 4.88. The summed E-state index contributed by atoms with van der Waals surface area (Å²) in [4.78, 5) is 23.8. The lowest BCUT2D eigenvalue weighted by atomic mass is 9.95. The molecule has 0 heterocycles. The second-order valence-corrected chi connectivity index (χ2v) is 5.68. The van der Waals surface area contributed by atoms with Gasteiger partial charge in [-0.1, -0.05) is 12.5 Å². The SMILES string of the molecule is Cl.NC[C@H]1CCC[C@H]1C(=O)NCCNC(=O)c1c(F)cccc1F. The Kier molecular flexibility index (Phi) is 8.07. The standard InChI is InChI=1S/C16H21F2N3O2.ClH/c17-12-5-2-6-13(18)14(12)16(23)21-8-7-20-15(22)11-4-1-3-10(11)9-19;/h2,5-6,10-11H,1,3-4,7-9,19H2,(H,20,22)(H,21,23);1H/t10-,11-;/m1./s1. The summed E-state index contributed by atoms with van der Waals surface area (Å²) in [7, 11) is 0. The molecule has 0 aromatic heterocycles. The zero-order valence-corrected chi connectivity index (χ0v) is 14.0. The van der Waals surface area contributed by atoms with E-state index >= 15 is 0 Å². The summed E-state index contributed by atoms with van der Waals surface area (Å²) >= 11 is 0. The van der Waals surface area contributed by atoms with Gasteiger partial charge in [0.1, 0.15) is 17.2 Å². The molecule has 2 atom stereocenters. The van der Waals surface area contributed by atoms with Crippen LogP contribution in [0.15, 0.2) is 18.2 Å². The lowest BCUT2D eigenvalue weighted by Gasteiger charge is -2.17. The van der Waals surface area contributed by atoms with Crippen LogP contribution >= 0.6 is 12.4 Å². The highest BCUT2D eigenvalue weighted by molar-refractivity contribution is 5.94. The van der Waals surface area contributed by atoms with Crippen molar-refractivity contribution in [1.82, 2.24) is 10.6 Å². The van der Waals surface area contributed by atoms with Gasteiger partial charge in [-0.25, -0.2) is 8.78 Å². The maximum absolute atomic E-state index is 13.4. The molecule has 24 heavy (non-hydrogen) atoms. The molecule has 8 heteroatoms. The topological polar surface area (TPSA) is 84.2 Å². The highest BCUT2D eigenvalue weighted by atomic mass is 35.5. The summed E-state index contributed by atoms with van der Waals surface area (Å²) in [6, 6.07) is 3.23. The number of carbonyl (C=O) groups is 2. The van der Waals surface area contributed by atoms with Crippen molar-refractivity contribution in [3.8, 4) is 0 Å². The summed E-state index contributed by atoms with van der Waals surface area (Å²) in [5, 5.41) is 5.12. The Morgan fingerprint density at radius 3 is 2.38 bits per heavy atom. The molecule has 5 nitrogen and oxygen atoms in total. The molecule has 0 bridgehead atoms. The third-order valence-electron chi connectivity index (χ3n) is 4.20. The van der Waals surface area contributed by atoms with Crippen LogP contribution in [0.3, 0.4) is 0 Å². The van der Waals surface area contributed by atoms with Gasteiger partial charge in [0.2, 0.25) is 5.91 Å². The molecule has 0 aliphatic heterocycles. The molecule has 4 N–H and O–H groups in total. The number of hydrogen-bond donors (Lipinski definition) is 3. The molecule has 1 aromatic carbocycles. The van der Waals surface area contributed by atoms with E-state index in [2.05, 4.69) is 10.6 Å². The maximum Gasteiger partial charge on any atom is 0.257 e. The molecule has 0 spiro atoms. The molecule has 0 unspecified atom stereocenters. The summed E-state index contributed by atoms with van der Waals surface area (Å²) in [5.41, 5.74) is 5.03. The van der Waals surface area contributed by atoms with Crippen molar-refractivity contribution in [3.05, 3.63) is 35.4 Å². The average molecular weight is 362 g/mol. The minimum Gasteiger partial charge on any atom is -0.354 e. The van der Waals surface area contributed by atoms with E-state index in [1.807, 2.05) is 0 Å². The summed E-state index contributed by atoms with van der Waals surface area (Å²) in [6.45, 7) is 0.786. The Hall–Kier alpha value is -1.73. The highest BCUT2D eigenvalue weighted by Gasteiger charge is 2.31. The Balaban J connectivity index is 0.00000288. The first-order valence-corrected chi connectivity index (χ1v) is 7.74. The number of halogens is 3. The van der Waals surface area contributed by atoms with Crippen LogP contribution in [0.1, 0.15) is 29.6 Å². The van der Waals surface area contributed by atoms with Crippen molar-refractivity contribution in [2.75, 3.05) is 19.6 Å². The quantitative estimate of drug-likeness (QED) is 0.673. The lowest BCUT2D eigenvalue weighted by Crippen LogP contribution is -2.39. The fourth-order valence-electron chi connectivity index (χ4n) is 2.96. The smallest absolute Gasteiger partial charge is 0.257 e. The fourth-order valence-corrected chi connectivity index (χ4v) is 2.96. The maximum atomic E-state index is 13.4. The first kappa shape index (κ1) is 20.3. The van der Waals surface area contributed by atoms with Gasteiger partial charge in [0.05, 0.1) is 0 Å². The van der Waals surface area contributed by atoms with Crippen LogP contribution < -0.4 is 16.4 Å². The van der Waals surface area contributed by atoms with Crippen LogP contribution in [0.2, 0.25) is 0 Å². The molecule has 134 valence electrons. The van der Waals surface area contributed by atoms with Crippen LogP contribution in [0, 0.1) is 23.5 Å². The summed E-state index contributed by atoms with van der Waals surface area (Å²) in [5.74, 6) is -2.62. The van der Waals surface area contributed by atoms with Crippen molar-refractivity contribution in [3.63, 3.8) is 0 Å². The molecular weight excluding hydrogens is 340 g/mol. The van der Waals surface area contributed by atoms with Gasteiger partial charge in [-0.05, 0) is 37.4 Å². The predicted octanol–water partition coefficient (Wildman–Crippen LogP) is 1.61. The summed E-state index contributed by atoms with van der Waals surface area (Å²) in [6.07, 6.45) is 2.77. The average Bonchev–Trinajstić information content (AvgIpc) is 3.00. The second kappa shape index (κ2) is 9.54. The van der Waals surface area contributed by atoms with Gasteiger partial charge in [-0.3, -0.25) is 9.59 Å². The van der Waals surface area contributed by atoms with Gasteiger partial charge in [0.15, 0.2) is 0 Å². The monoisotopic (exact) mass is 361 g/mol. The normalized spacial score (nSPS) is 19.5. The lowest BCUT2D eigenvalue weighted by molar-refractivity contribution is -0.125. The highest BCUT2D eigenvalue weighted by Crippen LogP contribution is 2.30. The van der Waals surface area contributed by atoms with Crippen LogP contribution in [0.25, 0.3) is 0 Å². The van der Waals surface area contributed by atoms with E-state index < -0.39 is 23.1 Å². The Labute approximate surface area is 145 Å². The van der Waals surface area contributed by atoms with Crippen LogP contribution in [0.4, 0.5) is 8.78 Å². The number of nitrogens with two attached hydrogens (primary N) is 1. The molecule has 0 radical (unpaired) electrons. The number of carbonyl (C=O) groups excluding carboxylic acids is 2. The molecule has 0 saturated heterocycles. The van der Waals surface area contributed by atoms with Gasteiger partial charge in [0.25, 0.3) is 5.91 Å². The Morgan fingerprint density at radius 2 is 1.75 bits per heavy atom. The first-order valence-electron chi connectivity index (χ1n) is 7.74. The molecule has 1 aliphatic carbocycles. The van der Waals surface area contributed by atoms with Gasteiger partial charge in [-0.15, -0.1) is 12.4 Å². The van der Waals surface area contributed by atoms with Crippen molar-refractivity contribution >= 4 is 24.2 Å². The number of hydrogen-bond acceptors (Lipinski definition) is 3. The van der Waals surface area contributed by atoms with E-state index in [4.69, 9.17) is 5.73 Å². The molecule has 2 amide bonds. The number of rotatable bonds is 6. The number of nitrogens with one attached hydrogen (secondary N) is 2. The molecular formula is C16H22ClF2N3O2. The minimum atomic E-state index is -0.914. The summed E-state index contributed by atoms with van der Waals surface area (Å²) < 4.78 is 26.9. The number of benzene rings is 1.